The summed E-state index contributed by atoms with van der Waals surface area (Å²) in [6.45, 7) is 7.59. The van der Waals surface area contributed by atoms with E-state index >= 15 is 0 Å². The van der Waals surface area contributed by atoms with Gasteiger partial charge in [0.15, 0.2) is 0 Å². The van der Waals surface area contributed by atoms with Crippen molar-refractivity contribution in [3.8, 4) is 0 Å². The minimum Gasteiger partial charge on any atom is -0.355 e. The highest BCUT2D eigenvalue weighted by Crippen LogP contribution is 2.22. The molecule has 1 unspecified atom stereocenters. The molecule has 1 saturated heterocycles. The molecule has 1 aromatic heterocycles. The molecule has 1 atom stereocenters. The molecule has 4 nitrogen and oxygen atoms in total. The van der Waals surface area contributed by atoms with Crippen LogP contribution in [0.4, 0.5) is 5.82 Å². The quantitative estimate of drug-likeness (QED) is 0.860. The molecule has 1 aromatic rings. The van der Waals surface area contributed by atoms with Gasteiger partial charge in [-0.15, -0.1) is 0 Å². The summed E-state index contributed by atoms with van der Waals surface area (Å²) in [6, 6.07) is 0. The average molecular weight is 234 g/mol. The Hall–Kier alpha value is -1.16. The average Bonchev–Trinajstić information content (AvgIpc) is 2.78. The Morgan fingerprint density at radius 2 is 2.29 bits per heavy atom. The summed E-state index contributed by atoms with van der Waals surface area (Å²) in [5, 5.41) is 3.25. The summed E-state index contributed by atoms with van der Waals surface area (Å²) < 4.78 is 0. The molecule has 1 aliphatic rings. The Morgan fingerprint density at radius 3 is 3.00 bits per heavy atom. The van der Waals surface area contributed by atoms with Gasteiger partial charge in [-0.25, -0.2) is 4.98 Å². The van der Waals surface area contributed by atoms with Gasteiger partial charge in [-0.05, 0) is 31.8 Å². The first-order valence-corrected chi connectivity index (χ1v) is 6.42. The second-order valence-electron chi connectivity index (χ2n) is 5.12. The molecule has 2 heterocycles. The molecule has 0 saturated carbocycles. The summed E-state index contributed by atoms with van der Waals surface area (Å²) in [5.74, 6) is 2.22. The lowest BCUT2D eigenvalue weighted by Crippen LogP contribution is -2.25. The first kappa shape index (κ1) is 12.3. The summed E-state index contributed by atoms with van der Waals surface area (Å²) >= 11 is 0. The number of nitrogens with zero attached hydrogens (tertiary/aromatic N) is 3. The van der Waals surface area contributed by atoms with Gasteiger partial charge in [0, 0.05) is 19.3 Å². The van der Waals surface area contributed by atoms with Crippen LogP contribution in [0.25, 0.3) is 0 Å². The van der Waals surface area contributed by atoms with Gasteiger partial charge in [0.05, 0.1) is 11.9 Å². The highest BCUT2D eigenvalue weighted by Gasteiger charge is 2.23. The predicted octanol–water partition coefficient (Wildman–Crippen LogP) is 1.65. The Bertz CT molecular complexity index is 364. The lowest BCUT2D eigenvalue weighted by molar-refractivity contribution is 0.548. The second-order valence-corrected chi connectivity index (χ2v) is 5.12. The van der Waals surface area contributed by atoms with Crippen LogP contribution in [-0.2, 0) is 0 Å². The van der Waals surface area contributed by atoms with Gasteiger partial charge in [-0.3, -0.25) is 4.98 Å². The van der Waals surface area contributed by atoms with Crippen molar-refractivity contribution >= 4 is 5.82 Å². The molecule has 0 aliphatic carbocycles. The SMILES string of the molecule is CNCC1CCN(c2cncc(C(C)C)n2)C1. The van der Waals surface area contributed by atoms with Crippen molar-refractivity contribution in [2.45, 2.75) is 26.2 Å². The lowest BCUT2D eigenvalue weighted by Gasteiger charge is -2.18. The summed E-state index contributed by atoms with van der Waals surface area (Å²) in [7, 11) is 2.02. The molecule has 0 bridgehead atoms. The topological polar surface area (TPSA) is 41.0 Å². The van der Waals surface area contributed by atoms with Crippen molar-refractivity contribution in [1.29, 1.82) is 0 Å². The Morgan fingerprint density at radius 1 is 1.47 bits per heavy atom. The van der Waals surface area contributed by atoms with Crippen molar-refractivity contribution < 1.29 is 0 Å². The van der Waals surface area contributed by atoms with Crippen LogP contribution in [0.2, 0.25) is 0 Å². The van der Waals surface area contributed by atoms with Crippen molar-refractivity contribution in [2.75, 3.05) is 31.6 Å². The van der Waals surface area contributed by atoms with Crippen LogP contribution >= 0.6 is 0 Å². The van der Waals surface area contributed by atoms with Crippen molar-refractivity contribution in [3.63, 3.8) is 0 Å². The number of hydrogen-bond acceptors (Lipinski definition) is 4. The first-order valence-electron chi connectivity index (χ1n) is 6.42. The van der Waals surface area contributed by atoms with E-state index in [-0.39, 0.29) is 0 Å². The third-order valence-corrected chi connectivity index (χ3v) is 3.33. The molecule has 0 aromatic carbocycles. The summed E-state index contributed by atoms with van der Waals surface area (Å²) in [5.41, 5.74) is 1.08. The molecule has 17 heavy (non-hydrogen) atoms. The zero-order chi connectivity index (χ0) is 12.3. The molecule has 1 fully saturated rings. The maximum absolute atomic E-state index is 4.69. The van der Waals surface area contributed by atoms with Gasteiger partial charge < -0.3 is 10.2 Å². The van der Waals surface area contributed by atoms with Crippen LogP contribution in [0.1, 0.15) is 31.9 Å². The number of rotatable bonds is 4. The van der Waals surface area contributed by atoms with E-state index in [2.05, 4.69) is 29.0 Å². The van der Waals surface area contributed by atoms with Crippen LogP contribution in [0.5, 0.6) is 0 Å². The zero-order valence-electron chi connectivity index (χ0n) is 11.0. The molecule has 4 heteroatoms. The number of nitrogens with one attached hydrogen (secondary N) is 1. The van der Waals surface area contributed by atoms with E-state index in [9.17, 15) is 0 Å². The summed E-state index contributed by atoms with van der Waals surface area (Å²) in [6.07, 6.45) is 5.00. The maximum Gasteiger partial charge on any atom is 0.147 e. The van der Waals surface area contributed by atoms with Gasteiger partial charge in [0.2, 0.25) is 0 Å². The third kappa shape index (κ3) is 2.94. The van der Waals surface area contributed by atoms with Crippen molar-refractivity contribution in [1.82, 2.24) is 15.3 Å². The molecule has 0 radical (unpaired) electrons. The van der Waals surface area contributed by atoms with E-state index in [1.165, 1.54) is 6.42 Å². The molecule has 0 spiro atoms. The van der Waals surface area contributed by atoms with Crippen LogP contribution in [0.15, 0.2) is 12.4 Å². The zero-order valence-corrected chi connectivity index (χ0v) is 11.0. The number of hydrogen-bond donors (Lipinski definition) is 1. The van der Waals surface area contributed by atoms with Crippen molar-refractivity contribution in [3.05, 3.63) is 18.1 Å². The number of aromatic nitrogens is 2. The normalized spacial score (nSPS) is 20.2. The lowest BCUT2D eigenvalue weighted by atomic mass is 10.1. The molecule has 1 aliphatic heterocycles. The van der Waals surface area contributed by atoms with Crippen LogP contribution in [0, 0.1) is 5.92 Å². The molecular weight excluding hydrogens is 212 g/mol. The highest BCUT2D eigenvalue weighted by atomic mass is 15.2. The van der Waals surface area contributed by atoms with E-state index in [0.717, 1.165) is 37.1 Å². The Labute approximate surface area is 103 Å². The first-order chi connectivity index (χ1) is 8.20. The largest absolute Gasteiger partial charge is 0.355 e. The van der Waals surface area contributed by atoms with Gasteiger partial charge >= 0.3 is 0 Å². The second kappa shape index (κ2) is 5.45. The van der Waals surface area contributed by atoms with Gasteiger partial charge in [0.1, 0.15) is 5.82 Å². The van der Waals surface area contributed by atoms with Crippen LogP contribution < -0.4 is 10.2 Å². The Balaban J connectivity index is 2.05. The third-order valence-electron chi connectivity index (χ3n) is 3.33. The maximum atomic E-state index is 4.69. The van der Waals surface area contributed by atoms with Crippen LogP contribution in [0.3, 0.4) is 0 Å². The molecule has 0 amide bonds. The van der Waals surface area contributed by atoms with Gasteiger partial charge in [-0.2, -0.15) is 0 Å². The van der Waals surface area contributed by atoms with E-state index < -0.39 is 0 Å². The molecular formula is C13H22N4. The fourth-order valence-electron chi connectivity index (χ4n) is 2.30. The molecule has 1 N–H and O–H groups in total. The molecule has 2 rings (SSSR count). The van der Waals surface area contributed by atoms with E-state index in [1.54, 1.807) is 0 Å². The number of anilines is 1. The van der Waals surface area contributed by atoms with Crippen LogP contribution in [-0.4, -0.2) is 36.6 Å². The standard InChI is InChI=1S/C13H22N4/c1-10(2)12-7-15-8-13(16-12)17-5-4-11(9-17)6-14-3/h7-8,10-11,14H,4-6,9H2,1-3H3. The van der Waals surface area contributed by atoms with E-state index in [1.807, 2.05) is 19.4 Å². The van der Waals surface area contributed by atoms with E-state index in [0.29, 0.717) is 5.92 Å². The van der Waals surface area contributed by atoms with E-state index in [4.69, 9.17) is 4.98 Å². The monoisotopic (exact) mass is 234 g/mol. The minimum atomic E-state index is 0.443. The van der Waals surface area contributed by atoms with Gasteiger partial charge in [-0.1, -0.05) is 13.8 Å². The predicted molar refractivity (Wildman–Crippen MR) is 70.4 cm³/mol. The minimum absolute atomic E-state index is 0.443. The smallest absolute Gasteiger partial charge is 0.147 e. The Kier molecular flexibility index (Phi) is 3.94. The molecule has 94 valence electrons. The summed E-state index contributed by atoms with van der Waals surface area (Å²) in [4.78, 5) is 11.3. The van der Waals surface area contributed by atoms with Gasteiger partial charge in [0.25, 0.3) is 0 Å². The van der Waals surface area contributed by atoms with Crippen molar-refractivity contribution in [2.24, 2.45) is 5.92 Å². The fraction of sp³-hybridized carbons (Fsp3) is 0.692. The highest BCUT2D eigenvalue weighted by molar-refractivity contribution is 5.38. The fourth-order valence-corrected chi connectivity index (χ4v) is 2.30.